The monoisotopic (exact) mass is 494 g/mol. The molecular formula is C25H35O8P. The van der Waals surface area contributed by atoms with Crippen molar-refractivity contribution in [2.45, 2.75) is 83.4 Å². The lowest BCUT2D eigenvalue weighted by Gasteiger charge is -2.59. The van der Waals surface area contributed by atoms with Gasteiger partial charge in [-0.3, -0.25) is 9.59 Å². The first-order valence-corrected chi connectivity index (χ1v) is 13.0. The number of allylic oxidation sites excluding steroid dienone is 4. The number of ether oxygens (including phenoxy) is 2. The topological polar surface area (TPSA) is 130 Å². The molecular weight excluding hydrogens is 459 g/mol. The molecule has 0 spiro atoms. The van der Waals surface area contributed by atoms with Crippen molar-refractivity contribution in [3.8, 4) is 0 Å². The molecule has 0 aromatic carbocycles. The van der Waals surface area contributed by atoms with Gasteiger partial charge in [0.15, 0.2) is 23.5 Å². The second kappa shape index (κ2) is 9.30. The van der Waals surface area contributed by atoms with Crippen molar-refractivity contribution in [3.63, 3.8) is 0 Å². The largest absolute Gasteiger partial charge is 0.393 e. The number of ketones is 2. The minimum absolute atomic E-state index is 0.0125. The molecule has 5 aliphatic rings. The maximum absolute atomic E-state index is 13.2. The Morgan fingerprint density at radius 3 is 2.68 bits per heavy atom. The zero-order valence-electron chi connectivity index (χ0n) is 20.0. The summed E-state index contributed by atoms with van der Waals surface area (Å²) in [5, 5.41) is 21.4. The van der Waals surface area contributed by atoms with Crippen LogP contribution in [0.5, 0.6) is 0 Å². The number of fused-ring (bicyclic) bond motifs is 7. The molecule has 1 aliphatic heterocycles. The van der Waals surface area contributed by atoms with Gasteiger partial charge in [0.05, 0.1) is 12.2 Å². The second-order valence-corrected chi connectivity index (χ2v) is 11.0. The van der Waals surface area contributed by atoms with Gasteiger partial charge in [-0.15, -0.1) is 0 Å². The third kappa shape index (κ3) is 3.53. The highest BCUT2D eigenvalue weighted by atomic mass is 31.1. The molecule has 0 radical (unpaired) electrons. The van der Waals surface area contributed by atoms with E-state index in [0.29, 0.717) is 19.3 Å². The molecule has 0 aromatic heterocycles. The van der Waals surface area contributed by atoms with Crippen molar-refractivity contribution in [2.75, 3.05) is 6.61 Å². The average molecular weight is 495 g/mol. The number of hydrogen-bond donors (Lipinski definition) is 3. The molecule has 9 heteroatoms. The molecule has 9 atom stereocenters. The van der Waals surface area contributed by atoms with Crippen molar-refractivity contribution in [2.24, 2.45) is 28.6 Å². The summed E-state index contributed by atoms with van der Waals surface area (Å²) in [5.74, 6) is 0.0274. The van der Waals surface area contributed by atoms with Gasteiger partial charge in [0, 0.05) is 16.7 Å². The van der Waals surface area contributed by atoms with E-state index >= 15 is 0 Å². The van der Waals surface area contributed by atoms with Crippen LogP contribution < -0.4 is 0 Å². The Labute approximate surface area is 201 Å². The quantitative estimate of drug-likeness (QED) is 0.509. The Morgan fingerprint density at radius 1 is 1.32 bits per heavy atom. The maximum atomic E-state index is 13.2. The summed E-state index contributed by atoms with van der Waals surface area (Å²) in [6.07, 6.45) is 8.31. The Kier molecular flexibility index (Phi) is 7.06. The fourth-order valence-electron chi connectivity index (χ4n) is 8.12. The molecule has 3 N–H and O–H groups in total. The van der Waals surface area contributed by atoms with Crippen LogP contribution in [0.2, 0.25) is 0 Å². The summed E-state index contributed by atoms with van der Waals surface area (Å²) in [4.78, 5) is 32.2. The van der Waals surface area contributed by atoms with Crippen LogP contribution in [0.15, 0.2) is 23.8 Å². The van der Waals surface area contributed by atoms with E-state index in [0.717, 1.165) is 24.8 Å². The summed E-state index contributed by atoms with van der Waals surface area (Å²) in [6, 6.07) is 0. The molecule has 0 amide bonds. The van der Waals surface area contributed by atoms with Crippen LogP contribution in [0.4, 0.5) is 0 Å². The zero-order valence-corrected chi connectivity index (χ0v) is 20.9. The van der Waals surface area contributed by atoms with Gasteiger partial charge in [-0.25, -0.2) is 4.57 Å². The van der Waals surface area contributed by atoms with Gasteiger partial charge in [-0.2, -0.15) is 0 Å². The number of hydrogen-bond acceptors (Lipinski definition) is 7. The maximum Gasteiger partial charge on any atom is 0.324 e. The Hall–Kier alpha value is -1.28. The van der Waals surface area contributed by atoms with Crippen molar-refractivity contribution < 1.29 is 38.7 Å². The highest BCUT2D eigenvalue weighted by Crippen LogP contribution is 2.69. The van der Waals surface area contributed by atoms with Gasteiger partial charge in [0.2, 0.25) is 0 Å². The number of rotatable bonds is 4. The number of Topliss-reactive ketones (excluding diaryl/α,β-unsaturated/α-hetero) is 1. The molecule has 188 valence electrons. The third-order valence-electron chi connectivity index (χ3n) is 9.37. The van der Waals surface area contributed by atoms with Crippen molar-refractivity contribution in [3.05, 3.63) is 23.8 Å². The normalized spacial score (nSPS) is 46.5. The molecule has 0 aromatic rings. The number of aliphatic hydroxyl groups is 2. The first kappa shape index (κ1) is 25.8. The zero-order chi connectivity index (χ0) is 24.9. The van der Waals surface area contributed by atoms with Gasteiger partial charge in [-0.1, -0.05) is 38.8 Å². The van der Waals surface area contributed by atoms with Crippen molar-refractivity contribution in [1.82, 2.24) is 0 Å². The fourth-order valence-corrected chi connectivity index (χ4v) is 8.12. The van der Waals surface area contributed by atoms with E-state index < -0.39 is 44.8 Å². The van der Waals surface area contributed by atoms with Crippen LogP contribution in [-0.4, -0.2) is 57.4 Å². The van der Waals surface area contributed by atoms with Gasteiger partial charge in [0.1, 0.15) is 6.61 Å². The smallest absolute Gasteiger partial charge is 0.324 e. The molecule has 4 fully saturated rings. The van der Waals surface area contributed by atoms with E-state index in [1.807, 2.05) is 6.08 Å². The summed E-state index contributed by atoms with van der Waals surface area (Å²) in [5.41, 5.74) is -1.05. The highest BCUT2D eigenvalue weighted by Gasteiger charge is 2.75. The van der Waals surface area contributed by atoms with Crippen LogP contribution in [0.3, 0.4) is 0 Å². The minimum atomic E-state index is -1.20. The first-order chi connectivity index (χ1) is 16.1. The second-order valence-electron chi connectivity index (χ2n) is 10.8. The van der Waals surface area contributed by atoms with Crippen LogP contribution in [0.25, 0.3) is 0 Å². The number of carbonyl (C=O) groups is 2. The van der Waals surface area contributed by atoms with Crippen molar-refractivity contribution >= 4 is 20.3 Å². The number of aliphatic hydroxyl groups excluding tert-OH is 2. The Bertz CT molecular complexity index is 917. The lowest BCUT2D eigenvalue weighted by atomic mass is 9.46. The number of carbonyl (C=O) groups excluding carboxylic acids is 2. The Balaban J connectivity index is 0.000000868. The van der Waals surface area contributed by atoms with Crippen molar-refractivity contribution in [1.29, 1.82) is 0 Å². The molecule has 1 heterocycles. The standard InChI is InChI=1S/C25H34O6.HO2P/c1-4-5-21-30-20-11-17-16-7-6-14-10-15(27)8-9-23(14,2)22(16)18(28)12-24(17,3)25(20,31-21)19(29)13-26;1-3-2/h8-10,16-18,20-22,26,28H,4-7,11-13H2,1-3H3;(H,1,2)/t16-,17-,18-,20+,21?,22+,23-,24-,25+;/m0./s1. The molecule has 4 aliphatic carbocycles. The van der Waals surface area contributed by atoms with Crippen LogP contribution in [0.1, 0.15) is 59.3 Å². The van der Waals surface area contributed by atoms with Gasteiger partial charge < -0.3 is 24.6 Å². The summed E-state index contributed by atoms with van der Waals surface area (Å²) >= 11 is 0. The van der Waals surface area contributed by atoms with E-state index in [4.69, 9.17) is 18.9 Å². The molecule has 1 saturated heterocycles. The molecule has 8 nitrogen and oxygen atoms in total. The lowest BCUT2D eigenvalue weighted by Crippen LogP contribution is -2.63. The van der Waals surface area contributed by atoms with Crippen LogP contribution >= 0.6 is 8.69 Å². The van der Waals surface area contributed by atoms with E-state index in [1.54, 1.807) is 12.2 Å². The molecule has 0 bridgehead atoms. The van der Waals surface area contributed by atoms with E-state index in [2.05, 4.69) is 20.8 Å². The fraction of sp³-hybridized carbons (Fsp3) is 0.760. The molecule has 1 unspecified atom stereocenters. The lowest BCUT2D eigenvalue weighted by molar-refractivity contribution is -0.200. The molecule has 5 rings (SSSR count). The van der Waals surface area contributed by atoms with Gasteiger partial charge in [0.25, 0.3) is 0 Å². The molecule has 34 heavy (non-hydrogen) atoms. The minimum Gasteiger partial charge on any atom is -0.393 e. The SMILES string of the molecule is CCCC1O[C@@H]2C[C@H]3[C@@H]4CCC5=CC(=O)C=C[C@]5(C)[C@H]4[C@@H](O)C[C@]3(C)[C@]2(C(=O)CO)O1.O=PO. The summed E-state index contributed by atoms with van der Waals surface area (Å²) in [6.45, 7) is 5.67. The summed E-state index contributed by atoms with van der Waals surface area (Å²) < 4.78 is 21.1. The first-order valence-electron chi connectivity index (χ1n) is 12.2. The van der Waals surface area contributed by atoms with Gasteiger partial charge >= 0.3 is 8.69 Å². The summed E-state index contributed by atoms with van der Waals surface area (Å²) in [7, 11) is -0.833. The van der Waals surface area contributed by atoms with E-state index in [9.17, 15) is 19.8 Å². The third-order valence-corrected chi connectivity index (χ3v) is 9.37. The highest BCUT2D eigenvalue weighted by molar-refractivity contribution is 7.16. The average Bonchev–Trinajstić information content (AvgIpc) is 3.26. The molecule has 3 saturated carbocycles. The van der Waals surface area contributed by atoms with Crippen LogP contribution in [-0.2, 0) is 23.6 Å². The predicted octanol–water partition coefficient (Wildman–Crippen LogP) is 2.90. The van der Waals surface area contributed by atoms with E-state index in [-0.39, 0.29) is 34.7 Å². The van der Waals surface area contributed by atoms with E-state index in [1.165, 1.54) is 0 Å². The van der Waals surface area contributed by atoms with Crippen LogP contribution in [0, 0.1) is 28.6 Å². The Morgan fingerprint density at radius 2 is 2.03 bits per heavy atom. The van der Waals surface area contributed by atoms with Gasteiger partial charge in [-0.05, 0) is 56.1 Å². The predicted molar refractivity (Wildman–Crippen MR) is 123 cm³/mol.